The van der Waals surface area contributed by atoms with Crippen LogP contribution in [0.2, 0.25) is 0 Å². The summed E-state index contributed by atoms with van der Waals surface area (Å²) in [7, 11) is 0. The van der Waals surface area contributed by atoms with Gasteiger partial charge in [-0.2, -0.15) is 0 Å². The van der Waals surface area contributed by atoms with Crippen LogP contribution < -0.4 is 0 Å². The van der Waals surface area contributed by atoms with Crippen LogP contribution in [0.4, 0.5) is 0 Å². The van der Waals surface area contributed by atoms with Crippen molar-refractivity contribution in [1.82, 2.24) is 0 Å². The first kappa shape index (κ1) is 8.41. The third-order valence-corrected chi connectivity index (χ3v) is 0.872. The van der Waals surface area contributed by atoms with Gasteiger partial charge < -0.3 is 8.17 Å². The number of carbonyl (C=O) groups is 2. The van der Waals surface area contributed by atoms with E-state index in [1.807, 2.05) is 0 Å². The molecule has 0 aliphatic carbocycles. The van der Waals surface area contributed by atoms with E-state index in [2.05, 4.69) is 3.07 Å². The van der Waals surface area contributed by atoms with Gasteiger partial charge in [-0.25, -0.2) is 9.59 Å². The lowest BCUT2D eigenvalue weighted by molar-refractivity contribution is -0.132. The van der Waals surface area contributed by atoms with Gasteiger partial charge in [0, 0.05) is 12.2 Å². The highest BCUT2D eigenvalue weighted by molar-refractivity contribution is 14.1. The minimum Gasteiger partial charge on any atom is -0.478 e. The Labute approximate surface area is 65.2 Å². The topological polar surface area (TPSA) is 63.6 Å². The van der Waals surface area contributed by atoms with E-state index in [9.17, 15) is 9.59 Å². The maximum Gasteiger partial charge on any atom is 0.340 e. The van der Waals surface area contributed by atoms with Crippen LogP contribution >= 0.6 is 23.0 Å². The summed E-state index contributed by atoms with van der Waals surface area (Å²) in [6, 6.07) is 0. The summed E-state index contributed by atoms with van der Waals surface area (Å²) in [6.07, 6.45) is 1.54. The summed E-state index contributed by atoms with van der Waals surface area (Å²) in [5.41, 5.74) is 0. The molecule has 0 spiro atoms. The maximum atomic E-state index is 10.1. The molecule has 0 unspecified atom stereocenters. The molecule has 0 radical (unpaired) electrons. The van der Waals surface area contributed by atoms with Crippen LogP contribution in [-0.2, 0) is 12.7 Å². The number of carboxylic acids is 1. The highest BCUT2D eigenvalue weighted by Gasteiger charge is 1.93. The van der Waals surface area contributed by atoms with E-state index in [4.69, 9.17) is 5.11 Å². The summed E-state index contributed by atoms with van der Waals surface area (Å²) in [4.78, 5) is 19.9. The van der Waals surface area contributed by atoms with Crippen LogP contribution in [0.3, 0.4) is 0 Å². The summed E-state index contributed by atoms with van der Waals surface area (Å²) in [6.45, 7) is 0. The predicted octanol–water partition coefficient (Wildman–Crippen LogP) is 0.520. The molecule has 9 heavy (non-hydrogen) atoms. The molecule has 0 atom stereocenters. The molecule has 0 fully saturated rings. The Balaban J connectivity index is 3.71. The van der Waals surface area contributed by atoms with Gasteiger partial charge in [-0.15, -0.1) is 0 Å². The van der Waals surface area contributed by atoms with Gasteiger partial charge in [0.15, 0.2) is 23.0 Å². The van der Waals surface area contributed by atoms with Crippen molar-refractivity contribution in [2.45, 2.75) is 0 Å². The Bertz CT molecular complexity index is 151. The standard InChI is InChI=1S/C4H3IO4/c5-9-4(8)2-1-3(6)7/h1-2H,(H,6,7)/b2-1-. The van der Waals surface area contributed by atoms with Gasteiger partial charge in [-0.1, -0.05) is 0 Å². The number of aliphatic carboxylic acids is 1. The fourth-order valence-electron chi connectivity index (χ4n) is 0.165. The Morgan fingerprint density at radius 3 is 2.33 bits per heavy atom. The molecule has 0 saturated heterocycles. The van der Waals surface area contributed by atoms with Crippen molar-refractivity contribution < 1.29 is 17.8 Å². The first-order valence-electron chi connectivity index (χ1n) is 1.90. The largest absolute Gasteiger partial charge is 0.478 e. The van der Waals surface area contributed by atoms with E-state index in [0.717, 1.165) is 6.08 Å². The van der Waals surface area contributed by atoms with Gasteiger partial charge in [0.05, 0.1) is 0 Å². The second kappa shape index (κ2) is 4.30. The molecule has 4 nitrogen and oxygen atoms in total. The lowest BCUT2D eigenvalue weighted by Crippen LogP contribution is -1.93. The van der Waals surface area contributed by atoms with Crippen LogP contribution in [-0.4, -0.2) is 17.0 Å². The zero-order valence-electron chi connectivity index (χ0n) is 4.20. The van der Waals surface area contributed by atoms with Gasteiger partial charge >= 0.3 is 11.9 Å². The smallest absolute Gasteiger partial charge is 0.340 e. The zero-order valence-corrected chi connectivity index (χ0v) is 6.36. The molecular weight excluding hydrogens is 239 g/mol. The molecule has 0 amide bonds. The minimum absolute atomic E-state index is 0.682. The van der Waals surface area contributed by atoms with E-state index in [1.54, 1.807) is 0 Å². The Kier molecular flexibility index (Phi) is 4.02. The average Bonchev–Trinajstić information content (AvgIpc) is 1.83. The number of hydrogen-bond donors (Lipinski definition) is 1. The van der Waals surface area contributed by atoms with Crippen molar-refractivity contribution >= 4 is 34.9 Å². The van der Waals surface area contributed by atoms with Gasteiger partial charge in [0.2, 0.25) is 0 Å². The molecule has 0 aromatic heterocycles. The van der Waals surface area contributed by atoms with Gasteiger partial charge in [0.1, 0.15) is 0 Å². The molecular formula is C4H3IO4. The summed E-state index contributed by atoms with van der Waals surface area (Å²) in [5, 5.41) is 7.96. The SMILES string of the molecule is O=C(O)/C=C\C(=O)OI. The monoisotopic (exact) mass is 242 g/mol. The molecule has 5 heteroatoms. The summed E-state index contributed by atoms with van der Waals surface area (Å²) in [5.74, 6) is -1.85. The number of carboxylic acid groups (broad SMARTS) is 1. The van der Waals surface area contributed by atoms with E-state index in [-0.39, 0.29) is 0 Å². The van der Waals surface area contributed by atoms with Crippen molar-refractivity contribution in [3.8, 4) is 0 Å². The van der Waals surface area contributed by atoms with E-state index in [0.29, 0.717) is 6.08 Å². The summed E-state index contributed by atoms with van der Waals surface area (Å²) >= 11 is 1.37. The fourth-order valence-corrected chi connectivity index (χ4v) is 0.312. The summed E-state index contributed by atoms with van der Waals surface area (Å²) < 4.78 is 4.08. The zero-order chi connectivity index (χ0) is 7.28. The van der Waals surface area contributed by atoms with Gasteiger partial charge in [-0.05, 0) is 0 Å². The van der Waals surface area contributed by atoms with Crippen LogP contribution in [0.25, 0.3) is 0 Å². The maximum absolute atomic E-state index is 10.1. The average molecular weight is 242 g/mol. The second-order valence-corrected chi connectivity index (χ2v) is 1.51. The Morgan fingerprint density at radius 2 is 2.00 bits per heavy atom. The normalized spacial score (nSPS) is 9.44. The van der Waals surface area contributed by atoms with Crippen LogP contribution in [0, 0.1) is 0 Å². The predicted molar refractivity (Wildman–Crippen MR) is 36.9 cm³/mol. The first-order chi connectivity index (χ1) is 4.16. The lowest BCUT2D eigenvalue weighted by atomic mass is 10.5. The number of rotatable bonds is 2. The quantitative estimate of drug-likeness (QED) is 0.566. The first-order valence-corrected chi connectivity index (χ1v) is 2.78. The highest BCUT2D eigenvalue weighted by Crippen LogP contribution is 1.87. The van der Waals surface area contributed by atoms with E-state index >= 15 is 0 Å². The van der Waals surface area contributed by atoms with Crippen LogP contribution in [0.15, 0.2) is 12.2 Å². The van der Waals surface area contributed by atoms with Crippen molar-refractivity contribution in [3.05, 3.63) is 12.2 Å². The molecule has 0 aromatic carbocycles. The van der Waals surface area contributed by atoms with Gasteiger partial charge in [0.25, 0.3) is 0 Å². The fraction of sp³-hybridized carbons (Fsp3) is 0. The molecule has 0 heterocycles. The third kappa shape index (κ3) is 5.28. The number of hydrogen-bond acceptors (Lipinski definition) is 3. The minimum atomic E-state index is -1.17. The lowest BCUT2D eigenvalue weighted by Gasteiger charge is -1.82. The molecule has 0 aliphatic rings. The molecule has 0 saturated carbocycles. The Morgan fingerprint density at radius 1 is 1.44 bits per heavy atom. The number of halogens is 1. The molecule has 50 valence electrons. The van der Waals surface area contributed by atoms with E-state index < -0.39 is 11.9 Å². The van der Waals surface area contributed by atoms with E-state index in [1.165, 1.54) is 23.0 Å². The molecule has 0 aromatic rings. The van der Waals surface area contributed by atoms with Crippen LogP contribution in [0.1, 0.15) is 0 Å². The molecule has 0 rings (SSSR count). The molecule has 1 N–H and O–H groups in total. The second-order valence-electron chi connectivity index (χ2n) is 1.07. The van der Waals surface area contributed by atoms with Crippen molar-refractivity contribution in [2.24, 2.45) is 0 Å². The van der Waals surface area contributed by atoms with Crippen molar-refractivity contribution in [2.75, 3.05) is 0 Å². The third-order valence-electron chi connectivity index (χ3n) is 0.438. The van der Waals surface area contributed by atoms with Crippen LogP contribution in [0.5, 0.6) is 0 Å². The van der Waals surface area contributed by atoms with Crippen molar-refractivity contribution in [1.29, 1.82) is 0 Å². The van der Waals surface area contributed by atoms with Crippen molar-refractivity contribution in [3.63, 3.8) is 0 Å². The molecule has 0 bridgehead atoms. The van der Waals surface area contributed by atoms with Gasteiger partial charge in [-0.3, -0.25) is 0 Å². The molecule has 0 aliphatic heterocycles. The number of carbonyl (C=O) groups excluding carboxylic acids is 1. The Hall–Kier alpha value is -0.590. The highest BCUT2D eigenvalue weighted by atomic mass is 127.